The van der Waals surface area contributed by atoms with Gasteiger partial charge >= 0.3 is 0 Å². The average molecular weight is 277 g/mol. The summed E-state index contributed by atoms with van der Waals surface area (Å²) < 4.78 is 7.19. The number of ketones is 1. The summed E-state index contributed by atoms with van der Waals surface area (Å²) in [5.74, 6) is 1.99. The zero-order valence-electron chi connectivity index (χ0n) is 11.1. The van der Waals surface area contributed by atoms with E-state index in [9.17, 15) is 4.79 Å². The first kappa shape index (κ1) is 13.6. The molecule has 100 valence electrons. The van der Waals surface area contributed by atoms with Gasteiger partial charge in [-0.2, -0.15) is 0 Å². The molecule has 1 aromatic heterocycles. The van der Waals surface area contributed by atoms with Crippen LogP contribution in [0.2, 0.25) is 0 Å². The van der Waals surface area contributed by atoms with Crippen LogP contribution in [0, 0.1) is 0 Å². The van der Waals surface area contributed by atoms with E-state index in [1.54, 1.807) is 14.0 Å². The number of hydrogen-bond acceptors (Lipinski definition) is 5. The van der Waals surface area contributed by atoms with E-state index in [-0.39, 0.29) is 5.78 Å². The molecular formula is C13H15N3O2S. The second kappa shape index (κ2) is 5.88. The largest absolute Gasteiger partial charge is 0.496 e. The molecule has 0 bridgehead atoms. The highest BCUT2D eigenvalue weighted by Crippen LogP contribution is 2.29. The molecule has 1 aromatic carbocycles. The summed E-state index contributed by atoms with van der Waals surface area (Å²) in [5, 5.41) is 9.00. The highest BCUT2D eigenvalue weighted by Gasteiger charge is 2.14. The maximum atomic E-state index is 11.0. The number of nitrogens with zero attached hydrogens (tertiary/aromatic N) is 3. The molecule has 19 heavy (non-hydrogen) atoms. The van der Waals surface area contributed by atoms with Crippen molar-refractivity contribution in [3.63, 3.8) is 0 Å². The summed E-state index contributed by atoms with van der Waals surface area (Å²) in [6.07, 6.45) is 0. The first-order valence-corrected chi connectivity index (χ1v) is 6.77. The Balaban J connectivity index is 2.33. The van der Waals surface area contributed by atoms with Gasteiger partial charge in [0.1, 0.15) is 11.5 Å². The molecule has 1 heterocycles. The molecule has 0 N–H and O–H groups in total. The summed E-state index contributed by atoms with van der Waals surface area (Å²) in [6.45, 7) is 1.56. The Morgan fingerprint density at radius 3 is 2.79 bits per heavy atom. The molecule has 0 fully saturated rings. The van der Waals surface area contributed by atoms with E-state index >= 15 is 0 Å². The van der Waals surface area contributed by atoms with E-state index in [1.807, 2.05) is 35.9 Å². The number of hydrogen-bond donors (Lipinski definition) is 0. The molecule has 6 heteroatoms. The SMILES string of the molecule is COc1ccccc1-c1nnc(SCC(C)=O)n1C. The number of carbonyl (C=O) groups excluding carboxylic acids is 1. The lowest BCUT2D eigenvalue weighted by molar-refractivity contribution is -0.114. The minimum atomic E-state index is 0.117. The van der Waals surface area contributed by atoms with Crippen molar-refractivity contribution in [2.45, 2.75) is 12.1 Å². The topological polar surface area (TPSA) is 57.0 Å². The van der Waals surface area contributed by atoms with E-state index in [2.05, 4.69) is 10.2 Å². The number of ether oxygens (including phenoxy) is 1. The van der Waals surface area contributed by atoms with Crippen LogP contribution >= 0.6 is 11.8 Å². The van der Waals surface area contributed by atoms with Crippen LogP contribution in [-0.2, 0) is 11.8 Å². The minimum absolute atomic E-state index is 0.117. The smallest absolute Gasteiger partial charge is 0.191 e. The van der Waals surface area contributed by atoms with Crippen molar-refractivity contribution < 1.29 is 9.53 Å². The number of Topliss-reactive ketones (excluding diaryl/α,β-unsaturated/α-hetero) is 1. The van der Waals surface area contributed by atoms with Crippen molar-refractivity contribution >= 4 is 17.5 Å². The molecule has 0 atom stereocenters. The molecule has 0 saturated carbocycles. The summed E-state index contributed by atoms with van der Waals surface area (Å²) in [4.78, 5) is 11.0. The molecule has 0 aliphatic rings. The zero-order valence-corrected chi connectivity index (χ0v) is 11.9. The third kappa shape index (κ3) is 2.96. The Bertz CT molecular complexity index is 595. The van der Waals surface area contributed by atoms with Crippen LogP contribution in [0.4, 0.5) is 0 Å². The van der Waals surface area contributed by atoms with Crippen molar-refractivity contribution in [3.8, 4) is 17.1 Å². The van der Waals surface area contributed by atoms with E-state index in [1.165, 1.54) is 11.8 Å². The predicted octanol–water partition coefficient (Wildman–Crippen LogP) is 2.17. The monoisotopic (exact) mass is 277 g/mol. The standard InChI is InChI=1S/C13H15N3O2S/c1-9(17)8-19-13-15-14-12(16(13)2)10-6-4-5-7-11(10)18-3/h4-7H,8H2,1-3H3. The first-order chi connectivity index (χ1) is 9.13. The van der Waals surface area contributed by atoms with Gasteiger partial charge in [0.15, 0.2) is 11.0 Å². The molecule has 0 aliphatic heterocycles. The van der Waals surface area contributed by atoms with Gasteiger partial charge in [0.25, 0.3) is 0 Å². The molecule has 2 rings (SSSR count). The molecule has 0 spiro atoms. The van der Waals surface area contributed by atoms with E-state index in [4.69, 9.17) is 4.74 Å². The molecule has 0 amide bonds. The predicted molar refractivity (Wildman–Crippen MR) is 74.4 cm³/mol. The van der Waals surface area contributed by atoms with Crippen LogP contribution in [0.3, 0.4) is 0 Å². The molecular weight excluding hydrogens is 262 g/mol. The second-order valence-electron chi connectivity index (χ2n) is 4.06. The molecule has 0 saturated heterocycles. The van der Waals surface area contributed by atoms with Gasteiger partial charge in [0.05, 0.1) is 18.4 Å². The Morgan fingerprint density at radius 2 is 2.11 bits per heavy atom. The number of benzene rings is 1. The van der Waals surface area contributed by atoms with Crippen molar-refractivity contribution in [2.75, 3.05) is 12.9 Å². The maximum absolute atomic E-state index is 11.0. The fourth-order valence-corrected chi connectivity index (χ4v) is 2.38. The quantitative estimate of drug-likeness (QED) is 0.784. The Hall–Kier alpha value is -1.82. The zero-order chi connectivity index (χ0) is 13.8. The Kier molecular flexibility index (Phi) is 4.21. The second-order valence-corrected chi connectivity index (χ2v) is 5.00. The molecule has 2 aromatic rings. The molecule has 0 radical (unpaired) electrons. The highest BCUT2D eigenvalue weighted by atomic mass is 32.2. The van der Waals surface area contributed by atoms with Gasteiger partial charge in [0, 0.05) is 7.05 Å². The van der Waals surface area contributed by atoms with E-state index in [0.717, 1.165) is 22.3 Å². The lowest BCUT2D eigenvalue weighted by Crippen LogP contribution is -1.99. The number of para-hydroxylation sites is 1. The van der Waals surface area contributed by atoms with Gasteiger partial charge in [-0.3, -0.25) is 4.79 Å². The van der Waals surface area contributed by atoms with Crippen molar-refractivity contribution in [1.82, 2.24) is 14.8 Å². The van der Waals surface area contributed by atoms with E-state index in [0.29, 0.717) is 5.75 Å². The molecule has 0 aliphatic carbocycles. The summed E-state index contributed by atoms with van der Waals surface area (Å²) in [5.41, 5.74) is 0.884. The fourth-order valence-electron chi connectivity index (χ4n) is 1.67. The van der Waals surface area contributed by atoms with Crippen LogP contribution in [0.15, 0.2) is 29.4 Å². The molecule has 5 nitrogen and oxygen atoms in total. The van der Waals surface area contributed by atoms with Gasteiger partial charge in [-0.25, -0.2) is 0 Å². The normalized spacial score (nSPS) is 10.5. The number of rotatable bonds is 5. The van der Waals surface area contributed by atoms with Crippen molar-refractivity contribution in [2.24, 2.45) is 7.05 Å². The van der Waals surface area contributed by atoms with Gasteiger partial charge < -0.3 is 9.30 Å². The number of methoxy groups -OCH3 is 1. The third-order valence-electron chi connectivity index (χ3n) is 2.59. The van der Waals surface area contributed by atoms with Gasteiger partial charge in [-0.1, -0.05) is 23.9 Å². The van der Waals surface area contributed by atoms with Crippen LogP contribution in [-0.4, -0.2) is 33.4 Å². The van der Waals surface area contributed by atoms with Crippen molar-refractivity contribution in [3.05, 3.63) is 24.3 Å². The van der Waals surface area contributed by atoms with Gasteiger partial charge in [-0.05, 0) is 19.1 Å². The Labute approximate surface area is 116 Å². The van der Waals surface area contributed by atoms with Gasteiger partial charge in [0.2, 0.25) is 0 Å². The first-order valence-electron chi connectivity index (χ1n) is 5.78. The summed E-state index contributed by atoms with van der Waals surface area (Å²) >= 11 is 1.38. The number of carbonyl (C=O) groups is 1. The summed E-state index contributed by atoms with van der Waals surface area (Å²) in [7, 11) is 3.50. The highest BCUT2D eigenvalue weighted by molar-refractivity contribution is 7.99. The van der Waals surface area contributed by atoms with Crippen LogP contribution < -0.4 is 4.74 Å². The van der Waals surface area contributed by atoms with Crippen LogP contribution in [0.5, 0.6) is 5.75 Å². The fraction of sp³-hybridized carbons (Fsp3) is 0.308. The molecule has 0 unspecified atom stereocenters. The summed E-state index contributed by atoms with van der Waals surface area (Å²) in [6, 6.07) is 7.65. The van der Waals surface area contributed by atoms with Crippen LogP contribution in [0.25, 0.3) is 11.4 Å². The lowest BCUT2D eigenvalue weighted by atomic mass is 10.2. The van der Waals surface area contributed by atoms with Gasteiger partial charge in [-0.15, -0.1) is 10.2 Å². The lowest BCUT2D eigenvalue weighted by Gasteiger charge is -2.07. The minimum Gasteiger partial charge on any atom is -0.496 e. The average Bonchev–Trinajstić information content (AvgIpc) is 2.77. The van der Waals surface area contributed by atoms with E-state index < -0.39 is 0 Å². The number of aromatic nitrogens is 3. The van der Waals surface area contributed by atoms with Crippen LogP contribution in [0.1, 0.15) is 6.92 Å². The maximum Gasteiger partial charge on any atom is 0.191 e. The third-order valence-corrected chi connectivity index (χ3v) is 3.75. The number of thioether (sulfide) groups is 1. The Morgan fingerprint density at radius 1 is 1.37 bits per heavy atom. The van der Waals surface area contributed by atoms with Crippen molar-refractivity contribution in [1.29, 1.82) is 0 Å².